The number of carbonyl (C=O) groups excluding carboxylic acids is 2. The number of nitro benzene ring substituents is 1. The summed E-state index contributed by atoms with van der Waals surface area (Å²) in [4.78, 5) is 33.2. The number of nitro groups is 1. The Morgan fingerprint density at radius 1 is 1.29 bits per heavy atom. The molecule has 8 nitrogen and oxygen atoms in total. The first-order chi connectivity index (χ1) is 10.1. The van der Waals surface area contributed by atoms with Crippen molar-refractivity contribution in [3.05, 3.63) is 34.4 Å². The van der Waals surface area contributed by atoms with Crippen molar-refractivity contribution in [2.45, 2.75) is 19.3 Å². The largest absolute Gasteiger partial charge is 0.477 e. The average molecular weight is 293 g/mol. The second-order valence-corrected chi connectivity index (χ2v) is 4.68. The van der Waals surface area contributed by atoms with Crippen molar-refractivity contribution < 1.29 is 19.2 Å². The molecule has 0 atom stereocenters. The SMILES string of the molecule is O=C(COc1ccccc1[N+](=O)[O-])NNC(=O)C1CCC1. The number of amides is 2. The maximum absolute atomic E-state index is 11.5. The van der Waals surface area contributed by atoms with Crippen LogP contribution in [0.25, 0.3) is 0 Å². The Hall–Kier alpha value is -2.64. The van der Waals surface area contributed by atoms with E-state index >= 15 is 0 Å². The molecule has 0 aromatic heterocycles. The molecule has 0 bridgehead atoms. The van der Waals surface area contributed by atoms with Crippen LogP contribution in [0.3, 0.4) is 0 Å². The molecular formula is C13H15N3O5. The maximum atomic E-state index is 11.5. The second kappa shape index (κ2) is 6.69. The van der Waals surface area contributed by atoms with Crippen LogP contribution >= 0.6 is 0 Å². The first-order valence-electron chi connectivity index (χ1n) is 6.53. The van der Waals surface area contributed by atoms with Crippen LogP contribution in [0, 0.1) is 16.0 Å². The normalized spacial score (nSPS) is 13.9. The Morgan fingerprint density at radius 2 is 2.00 bits per heavy atom. The van der Waals surface area contributed by atoms with Crippen LogP contribution in [0.15, 0.2) is 24.3 Å². The van der Waals surface area contributed by atoms with Crippen molar-refractivity contribution in [2.75, 3.05) is 6.61 Å². The Morgan fingerprint density at radius 3 is 2.62 bits per heavy atom. The van der Waals surface area contributed by atoms with Gasteiger partial charge in [0.25, 0.3) is 5.91 Å². The second-order valence-electron chi connectivity index (χ2n) is 4.68. The van der Waals surface area contributed by atoms with Gasteiger partial charge in [-0.05, 0) is 18.9 Å². The van der Waals surface area contributed by atoms with Crippen molar-refractivity contribution in [1.82, 2.24) is 10.9 Å². The highest BCUT2D eigenvalue weighted by Crippen LogP contribution is 2.26. The minimum atomic E-state index is -0.592. The molecule has 2 rings (SSSR count). The number of benzene rings is 1. The van der Waals surface area contributed by atoms with Gasteiger partial charge in [-0.25, -0.2) is 0 Å². The summed E-state index contributed by atoms with van der Waals surface area (Å²) in [6.45, 7) is -0.421. The van der Waals surface area contributed by atoms with Crippen LogP contribution in [0.5, 0.6) is 5.75 Å². The third kappa shape index (κ3) is 3.91. The van der Waals surface area contributed by atoms with E-state index in [0.29, 0.717) is 0 Å². The zero-order valence-electron chi connectivity index (χ0n) is 11.2. The summed E-state index contributed by atoms with van der Waals surface area (Å²) in [5, 5.41) is 10.8. The van der Waals surface area contributed by atoms with Gasteiger partial charge in [-0.2, -0.15) is 0 Å². The maximum Gasteiger partial charge on any atom is 0.310 e. The van der Waals surface area contributed by atoms with E-state index in [2.05, 4.69) is 10.9 Å². The quantitative estimate of drug-likeness (QED) is 0.619. The number of hydrogen-bond donors (Lipinski definition) is 2. The van der Waals surface area contributed by atoms with Gasteiger partial charge in [-0.15, -0.1) is 0 Å². The number of rotatable bonds is 5. The summed E-state index contributed by atoms with van der Waals surface area (Å²) in [6.07, 6.45) is 2.68. The van der Waals surface area contributed by atoms with Gasteiger partial charge in [0, 0.05) is 12.0 Å². The van der Waals surface area contributed by atoms with Crippen LogP contribution in [0.2, 0.25) is 0 Å². The van der Waals surface area contributed by atoms with Crippen molar-refractivity contribution in [3.63, 3.8) is 0 Å². The first-order valence-corrected chi connectivity index (χ1v) is 6.53. The van der Waals surface area contributed by atoms with E-state index < -0.39 is 17.4 Å². The van der Waals surface area contributed by atoms with Gasteiger partial charge in [0.2, 0.25) is 5.91 Å². The molecule has 1 aromatic rings. The molecular weight excluding hydrogens is 278 g/mol. The zero-order chi connectivity index (χ0) is 15.2. The van der Waals surface area contributed by atoms with Gasteiger partial charge in [0.1, 0.15) is 0 Å². The number of carbonyl (C=O) groups is 2. The molecule has 0 heterocycles. The van der Waals surface area contributed by atoms with E-state index in [4.69, 9.17) is 4.74 Å². The fourth-order valence-electron chi connectivity index (χ4n) is 1.81. The Labute approximate surface area is 120 Å². The van der Waals surface area contributed by atoms with Gasteiger partial charge >= 0.3 is 5.69 Å². The molecule has 1 saturated carbocycles. The minimum absolute atomic E-state index is 0.00275. The number of ether oxygens (including phenoxy) is 1. The van der Waals surface area contributed by atoms with Gasteiger partial charge < -0.3 is 4.74 Å². The number of para-hydroxylation sites is 2. The molecule has 112 valence electrons. The number of nitrogens with one attached hydrogen (secondary N) is 2. The summed E-state index contributed by atoms with van der Waals surface area (Å²) in [7, 11) is 0. The highest BCUT2D eigenvalue weighted by Gasteiger charge is 2.25. The Bertz CT molecular complexity index is 556. The predicted octanol–water partition coefficient (Wildman–Crippen LogP) is 0.921. The fourth-order valence-corrected chi connectivity index (χ4v) is 1.81. The van der Waals surface area contributed by atoms with E-state index in [0.717, 1.165) is 19.3 Å². The van der Waals surface area contributed by atoms with Crippen molar-refractivity contribution >= 4 is 17.5 Å². The molecule has 2 N–H and O–H groups in total. The van der Waals surface area contributed by atoms with E-state index in [1.165, 1.54) is 18.2 Å². The molecule has 0 saturated heterocycles. The lowest BCUT2D eigenvalue weighted by molar-refractivity contribution is -0.385. The molecule has 1 fully saturated rings. The lowest BCUT2D eigenvalue weighted by Crippen LogP contribution is -2.47. The molecule has 0 aliphatic heterocycles. The van der Waals surface area contributed by atoms with Crippen LogP contribution in [-0.4, -0.2) is 23.3 Å². The average Bonchev–Trinajstić information content (AvgIpc) is 2.41. The molecule has 2 amide bonds. The van der Waals surface area contributed by atoms with Crippen LogP contribution in [-0.2, 0) is 9.59 Å². The summed E-state index contributed by atoms with van der Waals surface area (Å²) >= 11 is 0. The first kappa shape index (κ1) is 14.8. The summed E-state index contributed by atoms with van der Waals surface area (Å²) in [6, 6.07) is 5.76. The Balaban J connectivity index is 1.78. The van der Waals surface area contributed by atoms with Crippen LogP contribution in [0.4, 0.5) is 5.69 Å². The third-order valence-corrected chi connectivity index (χ3v) is 3.22. The third-order valence-electron chi connectivity index (χ3n) is 3.22. The molecule has 21 heavy (non-hydrogen) atoms. The Kier molecular flexibility index (Phi) is 4.70. The van der Waals surface area contributed by atoms with E-state index in [-0.39, 0.29) is 23.3 Å². The van der Waals surface area contributed by atoms with Gasteiger partial charge in [0.15, 0.2) is 12.4 Å². The molecule has 8 heteroatoms. The lowest BCUT2D eigenvalue weighted by atomic mass is 9.85. The van der Waals surface area contributed by atoms with Crippen LogP contribution < -0.4 is 15.6 Å². The molecule has 1 aliphatic carbocycles. The van der Waals surface area contributed by atoms with E-state index in [9.17, 15) is 19.7 Å². The van der Waals surface area contributed by atoms with E-state index in [1.807, 2.05) is 0 Å². The number of hydrogen-bond acceptors (Lipinski definition) is 5. The predicted molar refractivity (Wildman–Crippen MR) is 72.2 cm³/mol. The van der Waals surface area contributed by atoms with Gasteiger partial charge in [-0.1, -0.05) is 18.6 Å². The summed E-state index contributed by atoms with van der Waals surface area (Å²) in [5.74, 6) is -0.842. The highest BCUT2D eigenvalue weighted by atomic mass is 16.6. The fraction of sp³-hybridized carbons (Fsp3) is 0.385. The molecule has 1 aromatic carbocycles. The molecule has 1 aliphatic rings. The monoisotopic (exact) mass is 293 g/mol. The number of hydrazine groups is 1. The standard InChI is InChI=1S/C13H15N3O5/c17-12(14-15-13(18)9-4-3-5-9)8-21-11-7-2-1-6-10(11)16(19)20/h1-2,6-7,9H,3-5,8H2,(H,14,17)(H,15,18). The van der Waals surface area contributed by atoms with Crippen molar-refractivity contribution in [2.24, 2.45) is 5.92 Å². The summed E-state index contributed by atoms with van der Waals surface area (Å²) in [5.41, 5.74) is 4.30. The van der Waals surface area contributed by atoms with Gasteiger partial charge in [-0.3, -0.25) is 30.6 Å². The van der Waals surface area contributed by atoms with Gasteiger partial charge in [0.05, 0.1) is 4.92 Å². The zero-order valence-corrected chi connectivity index (χ0v) is 11.2. The summed E-state index contributed by atoms with van der Waals surface area (Å²) < 4.78 is 5.09. The molecule has 0 radical (unpaired) electrons. The topological polar surface area (TPSA) is 111 Å². The van der Waals surface area contributed by atoms with Crippen LogP contribution in [0.1, 0.15) is 19.3 Å². The molecule has 0 unspecified atom stereocenters. The van der Waals surface area contributed by atoms with E-state index in [1.54, 1.807) is 6.07 Å². The van der Waals surface area contributed by atoms with Crippen molar-refractivity contribution in [1.29, 1.82) is 0 Å². The smallest absolute Gasteiger partial charge is 0.310 e. The minimum Gasteiger partial charge on any atom is -0.477 e. The molecule has 0 spiro atoms. The number of nitrogens with zero attached hydrogens (tertiary/aromatic N) is 1. The van der Waals surface area contributed by atoms with Crippen molar-refractivity contribution in [3.8, 4) is 5.75 Å². The lowest BCUT2D eigenvalue weighted by Gasteiger charge is -2.23. The highest BCUT2D eigenvalue weighted by molar-refractivity contribution is 5.84.